The molecule has 0 atom stereocenters. The summed E-state index contributed by atoms with van der Waals surface area (Å²) in [6.45, 7) is 0. The van der Waals surface area contributed by atoms with E-state index in [0.29, 0.717) is 23.3 Å². The lowest BCUT2D eigenvalue weighted by molar-refractivity contribution is 0.0690. The van der Waals surface area contributed by atoms with E-state index < -0.39 is 5.97 Å². The Bertz CT molecular complexity index is 539. The predicted octanol–water partition coefficient (Wildman–Crippen LogP) is 2.77. The van der Waals surface area contributed by atoms with E-state index in [2.05, 4.69) is 4.98 Å². The highest BCUT2D eigenvalue weighted by Gasteiger charge is 2.13. The van der Waals surface area contributed by atoms with Crippen LogP contribution in [0.5, 0.6) is 0 Å². The average molecular weight is 251 g/mol. The summed E-state index contributed by atoms with van der Waals surface area (Å²) >= 11 is 1.29. The van der Waals surface area contributed by atoms with Crippen LogP contribution in [-0.4, -0.2) is 16.1 Å². The molecule has 0 bridgehead atoms. The molecular formula is C12H10FNO2S. The molecule has 0 aliphatic carbocycles. The van der Waals surface area contributed by atoms with Gasteiger partial charge in [0.15, 0.2) is 5.69 Å². The Morgan fingerprint density at radius 3 is 2.82 bits per heavy atom. The molecule has 0 unspecified atom stereocenters. The van der Waals surface area contributed by atoms with Gasteiger partial charge >= 0.3 is 5.97 Å². The first kappa shape index (κ1) is 11.7. The summed E-state index contributed by atoms with van der Waals surface area (Å²) in [5.74, 6) is -1.29. The number of aryl methyl sites for hydroxylation is 2. The molecule has 0 aliphatic rings. The molecule has 3 nitrogen and oxygen atoms in total. The van der Waals surface area contributed by atoms with E-state index in [1.807, 2.05) is 0 Å². The SMILES string of the molecule is O=C(O)c1ncsc1CCc1ccccc1F. The molecule has 88 valence electrons. The molecule has 0 aliphatic heterocycles. The van der Waals surface area contributed by atoms with Crippen molar-refractivity contribution in [1.29, 1.82) is 0 Å². The van der Waals surface area contributed by atoms with Gasteiger partial charge in [-0.05, 0) is 24.5 Å². The first-order chi connectivity index (χ1) is 8.18. The van der Waals surface area contributed by atoms with Gasteiger partial charge in [-0.2, -0.15) is 0 Å². The number of hydrogen-bond acceptors (Lipinski definition) is 3. The van der Waals surface area contributed by atoms with E-state index in [9.17, 15) is 9.18 Å². The molecule has 0 spiro atoms. The monoisotopic (exact) mass is 251 g/mol. The number of nitrogens with zero attached hydrogens (tertiary/aromatic N) is 1. The summed E-state index contributed by atoms with van der Waals surface area (Å²) in [5.41, 5.74) is 2.17. The van der Waals surface area contributed by atoms with Gasteiger partial charge in [-0.1, -0.05) is 18.2 Å². The fourth-order valence-electron chi connectivity index (χ4n) is 1.57. The van der Waals surface area contributed by atoms with Crippen LogP contribution in [0, 0.1) is 5.82 Å². The van der Waals surface area contributed by atoms with Crippen LogP contribution in [0.25, 0.3) is 0 Å². The van der Waals surface area contributed by atoms with Gasteiger partial charge in [0.2, 0.25) is 0 Å². The second-order valence-corrected chi connectivity index (χ2v) is 4.46. The van der Waals surface area contributed by atoms with Crippen molar-refractivity contribution in [2.45, 2.75) is 12.8 Å². The quantitative estimate of drug-likeness (QED) is 0.909. The van der Waals surface area contributed by atoms with Crippen LogP contribution < -0.4 is 0 Å². The minimum Gasteiger partial charge on any atom is -0.476 e. The Hall–Kier alpha value is -1.75. The van der Waals surface area contributed by atoms with Crippen molar-refractivity contribution < 1.29 is 14.3 Å². The molecule has 1 N–H and O–H groups in total. The number of aromatic carboxylic acids is 1. The van der Waals surface area contributed by atoms with Gasteiger partial charge in [0.25, 0.3) is 0 Å². The third kappa shape index (κ3) is 2.68. The van der Waals surface area contributed by atoms with E-state index in [-0.39, 0.29) is 11.5 Å². The number of benzene rings is 1. The Kier molecular flexibility index (Phi) is 3.49. The first-order valence-corrected chi connectivity index (χ1v) is 5.95. The van der Waals surface area contributed by atoms with Crippen LogP contribution in [0.1, 0.15) is 20.9 Å². The molecule has 1 heterocycles. The number of carbonyl (C=O) groups is 1. The van der Waals surface area contributed by atoms with Gasteiger partial charge in [-0.3, -0.25) is 0 Å². The number of hydrogen-bond donors (Lipinski definition) is 1. The summed E-state index contributed by atoms with van der Waals surface area (Å²) in [7, 11) is 0. The van der Waals surface area contributed by atoms with Crippen molar-refractivity contribution in [2.75, 3.05) is 0 Å². The van der Waals surface area contributed by atoms with Gasteiger partial charge in [-0.15, -0.1) is 11.3 Å². The van der Waals surface area contributed by atoms with Crippen LogP contribution in [-0.2, 0) is 12.8 Å². The van der Waals surface area contributed by atoms with E-state index in [0.717, 1.165) is 0 Å². The lowest BCUT2D eigenvalue weighted by atomic mass is 10.1. The minimum absolute atomic E-state index is 0.0753. The molecule has 5 heteroatoms. The van der Waals surface area contributed by atoms with Crippen LogP contribution in [0.2, 0.25) is 0 Å². The number of carboxylic acid groups (broad SMARTS) is 1. The Morgan fingerprint density at radius 2 is 2.12 bits per heavy atom. The smallest absolute Gasteiger partial charge is 0.355 e. The Morgan fingerprint density at radius 1 is 1.35 bits per heavy atom. The number of aromatic nitrogens is 1. The van der Waals surface area contributed by atoms with Gasteiger partial charge in [0, 0.05) is 4.88 Å². The topological polar surface area (TPSA) is 50.2 Å². The second-order valence-electron chi connectivity index (χ2n) is 3.52. The van der Waals surface area contributed by atoms with Crippen LogP contribution >= 0.6 is 11.3 Å². The van der Waals surface area contributed by atoms with E-state index in [1.165, 1.54) is 22.9 Å². The van der Waals surface area contributed by atoms with Crippen molar-refractivity contribution in [3.05, 3.63) is 51.7 Å². The molecule has 0 radical (unpaired) electrons. The molecule has 0 saturated carbocycles. The molecule has 0 amide bonds. The van der Waals surface area contributed by atoms with Gasteiger partial charge in [0.05, 0.1) is 5.51 Å². The number of halogens is 1. The minimum atomic E-state index is -1.03. The highest BCUT2D eigenvalue weighted by molar-refractivity contribution is 7.09. The highest BCUT2D eigenvalue weighted by Crippen LogP contribution is 2.17. The highest BCUT2D eigenvalue weighted by atomic mass is 32.1. The van der Waals surface area contributed by atoms with Crippen molar-refractivity contribution in [2.24, 2.45) is 0 Å². The van der Waals surface area contributed by atoms with E-state index >= 15 is 0 Å². The van der Waals surface area contributed by atoms with Crippen LogP contribution in [0.4, 0.5) is 4.39 Å². The second kappa shape index (κ2) is 5.05. The summed E-state index contributed by atoms with van der Waals surface area (Å²) in [6, 6.07) is 6.51. The standard InChI is InChI=1S/C12H10FNO2S/c13-9-4-2-1-3-8(9)5-6-10-11(12(15)16)14-7-17-10/h1-4,7H,5-6H2,(H,15,16). The van der Waals surface area contributed by atoms with Crippen molar-refractivity contribution in [1.82, 2.24) is 4.98 Å². The van der Waals surface area contributed by atoms with Crippen molar-refractivity contribution in [3.63, 3.8) is 0 Å². The Labute approximate surface area is 102 Å². The maximum absolute atomic E-state index is 13.3. The van der Waals surface area contributed by atoms with Gasteiger partial charge < -0.3 is 5.11 Å². The van der Waals surface area contributed by atoms with Crippen LogP contribution in [0.15, 0.2) is 29.8 Å². The molecule has 1 aromatic carbocycles. The molecule has 0 fully saturated rings. The normalized spacial score (nSPS) is 10.4. The lowest BCUT2D eigenvalue weighted by Crippen LogP contribution is -2.02. The third-order valence-corrected chi connectivity index (χ3v) is 3.32. The number of thiazole rings is 1. The summed E-state index contributed by atoms with van der Waals surface area (Å²) < 4.78 is 13.3. The first-order valence-electron chi connectivity index (χ1n) is 5.07. The van der Waals surface area contributed by atoms with E-state index in [1.54, 1.807) is 18.2 Å². The zero-order valence-corrected chi connectivity index (χ0v) is 9.71. The molecule has 1 aromatic heterocycles. The van der Waals surface area contributed by atoms with Gasteiger partial charge in [0.1, 0.15) is 5.82 Å². The maximum atomic E-state index is 13.3. The van der Waals surface area contributed by atoms with Crippen molar-refractivity contribution >= 4 is 17.3 Å². The largest absolute Gasteiger partial charge is 0.476 e. The number of carboxylic acids is 1. The zero-order valence-electron chi connectivity index (χ0n) is 8.89. The molecule has 17 heavy (non-hydrogen) atoms. The predicted molar refractivity (Wildman–Crippen MR) is 62.9 cm³/mol. The molecular weight excluding hydrogens is 241 g/mol. The summed E-state index contributed by atoms with van der Waals surface area (Å²) in [4.78, 5) is 15.3. The summed E-state index contributed by atoms with van der Waals surface area (Å²) in [5, 5.41) is 8.88. The maximum Gasteiger partial charge on any atom is 0.355 e. The zero-order chi connectivity index (χ0) is 12.3. The van der Waals surface area contributed by atoms with Crippen LogP contribution in [0.3, 0.4) is 0 Å². The van der Waals surface area contributed by atoms with Gasteiger partial charge in [-0.25, -0.2) is 14.2 Å². The van der Waals surface area contributed by atoms with E-state index in [4.69, 9.17) is 5.11 Å². The average Bonchev–Trinajstić information content (AvgIpc) is 2.76. The lowest BCUT2D eigenvalue weighted by Gasteiger charge is -2.01. The Balaban J connectivity index is 2.10. The molecule has 2 aromatic rings. The number of rotatable bonds is 4. The molecule has 2 rings (SSSR count). The van der Waals surface area contributed by atoms with Crippen molar-refractivity contribution in [3.8, 4) is 0 Å². The fraction of sp³-hybridized carbons (Fsp3) is 0.167. The fourth-order valence-corrected chi connectivity index (χ4v) is 2.33. The third-order valence-electron chi connectivity index (χ3n) is 2.42. The summed E-state index contributed by atoms with van der Waals surface area (Å²) in [6.07, 6.45) is 0.975. The molecule has 0 saturated heterocycles.